The number of nitrogens with zero attached hydrogens (tertiary/aromatic N) is 1. The number of carbonyl (C=O) groups is 1. The summed E-state index contributed by atoms with van der Waals surface area (Å²) < 4.78 is 33.0. The Labute approximate surface area is 169 Å². The topological polar surface area (TPSA) is 97.4 Å². The van der Waals surface area contributed by atoms with E-state index in [1.165, 1.54) is 29.9 Å². The monoisotopic (exact) mass is 423 g/mol. The Morgan fingerprint density at radius 2 is 1.89 bits per heavy atom. The van der Waals surface area contributed by atoms with Gasteiger partial charge in [-0.2, -0.15) is 0 Å². The number of hydrogen-bond donors (Lipinski definition) is 2. The first-order valence-corrected chi connectivity index (χ1v) is 11.7. The molecule has 28 heavy (non-hydrogen) atoms. The minimum absolute atomic E-state index is 0.104. The van der Waals surface area contributed by atoms with E-state index < -0.39 is 16.1 Å². The predicted molar refractivity (Wildman–Crippen MR) is 109 cm³/mol. The third-order valence-electron chi connectivity index (χ3n) is 4.61. The van der Waals surface area contributed by atoms with E-state index in [0.29, 0.717) is 10.9 Å². The maximum Gasteiger partial charge on any atom is 0.263 e. The second kappa shape index (κ2) is 8.91. The zero-order valence-corrected chi connectivity index (χ0v) is 17.6. The van der Waals surface area contributed by atoms with Crippen molar-refractivity contribution in [2.75, 3.05) is 4.72 Å². The molecule has 0 saturated heterocycles. The molecule has 0 radical (unpaired) electrons. The van der Waals surface area contributed by atoms with Crippen LogP contribution in [0, 0.1) is 6.92 Å². The van der Waals surface area contributed by atoms with E-state index in [1.54, 1.807) is 31.4 Å². The van der Waals surface area contributed by atoms with Crippen LogP contribution >= 0.6 is 11.3 Å². The number of aromatic nitrogens is 1. The highest BCUT2D eigenvalue weighted by Gasteiger charge is 2.21. The maximum atomic E-state index is 12.4. The molecule has 3 rings (SSSR count). The van der Waals surface area contributed by atoms with Gasteiger partial charge in [0.05, 0.1) is 10.6 Å². The number of thiazole rings is 1. The van der Waals surface area contributed by atoms with Gasteiger partial charge in [0.1, 0.15) is 5.75 Å². The first-order valence-electron chi connectivity index (χ1n) is 9.35. The minimum atomic E-state index is -3.72. The van der Waals surface area contributed by atoms with Crippen LogP contribution in [0.25, 0.3) is 0 Å². The van der Waals surface area contributed by atoms with E-state index >= 15 is 0 Å². The summed E-state index contributed by atoms with van der Waals surface area (Å²) in [6.45, 7) is 3.49. The van der Waals surface area contributed by atoms with E-state index in [9.17, 15) is 13.2 Å². The number of sulfonamides is 1. The third kappa shape index (κ3) is 5.45. The Morgan fingerprint density at radius 1 is 1.21 bits per heavy atom. The molecule has 1 aromatic heterocycles. The molecule has 2 N–H and O–H groups in total. The van der Waals surface area contributed by atoms with Gasteiger partial charge in [0.25, 0.3) is 15.9 Å². The largest absolute Gasteiger partial charge is 0.481 e. The fourth-order valence-corrected chi connectivity index (χ4v) is 5.04. The van der Waals surface area contributed by atoms with Crippen LogP contribution in [-0.2, 0) is 14.8 Å². The van der Waals surface area contributed by atoms with E-state index in [-0.39, 0.29) is 16.8 Å². The molecule has 9 heteroatoms. The van der Waals surface area contributed by atoms with Crippen molar-refractivity contribution < 1.29 is 17.9 Å². The highest BCUT2D eigenvalue weighted by molar-refractivity contribution is 7.93. The van der Waals surface area contributed by atoms with Crippen LogP contribution in [0.2, 0.25) is 0 Å². The van der Waals surface area contributed by atoms with Gasteiger partial charge in [0.15, 0.2) is 11.2 Å². The van der Waals surface area contributed by atoms with Crippen LogP contribution in [0.1, 0.15) is 44.7 Å². The minimum Gasteiger partial charge on any atom is -0.481 e. The average Bonchev–Trinajstić information content (AvgIpc) is 3.07. The summed E-state index contributed by atoms with van der Waals surface area (Å²) in [4.78, 5) is 16.5. The number of amides is 1. The van der Waals surface area contributed by atoms with Crippen molar-refractivity contribution in [3.63, 3.8) is 0 Å². The van der Waals surface area contributed by atoms with Crippen LogP contribution in [0.5, 0.6) is 5.75 Å². The number of nitrogens with one attached hydrogen (secondary N) is 2. The lowest BCUT2D eigenvalue weighted by molar-refractivity contribution is -0.128. The number of hydrogen-bond acceptors (Lipinski definition) is 6. The number of carbonyl (C=O) groups excluding carboxylic acids is 1. The Balaban J connectivity index is 1.58. The van der Waals surface area contributed by atoms with E-state index in [1.807, 2.05) is 0 Å². The van der Waals surface area contributed by atoms with Gasteiger partial charge >= 0.3 is 0 Å². The normalized spacial score (nSPS) is 16.4. The fraction of sp³-hybridized carbons (Fsp3) is 0.474. The molecule has 0 unspecified atom stereocenters. The fourth-order valence-electron chi connectivity index (χ4n) is 3.10. The highest BCUT2D eigenvalue weighted by Crippen LogP contribution is 2.22. The smallest absolute Gasteiger partial charge is 0.263 e. The van der Waals surface area contributed by atoms with Gasteiger partial charge in [0, 0.05) is 11.4 Å². The van der Waals surface area contributed by atoms with Crippen molar-refractivity contribution in [3.05, 3.63) is 35.3 Å². The van der Waals surface area contributed by atoms with Crippen molar-refractivity contribution in [3.8, 4) is 5.75 Å². The summed E-state index contributed by atoms with van der Waals surface area (Å²) in [6.07, 6.45) is 4.88. The molecule has 152 valence electrons. The van der Waals surface area contributed by atoms with Crippen molar-refractivity contribution in [1.29, 1.82) is 0 Å². The van der Waals surface area contributed by atoms with Gasteiger partial charge in [-0.25, -0.2) is 13.4 Å². The molecule has 1 saturated carbocycles. The summed E-state index contributed by atoms with van der Waals surface area (Å²) in [5.41, 5.74) is 0.756. The van der Waals surface area contributed by atoms with Gasteiger partial charge in [-0.1, -0.05) is 19.3 Å². The van der Waals surface area contributed by atoms with E-state index in [4.69, 9.17) is 4.74 Å². The van der Waals surface area contributed by atoms with Crippen LogP contribution < -0.4 is 14.8 Å². The van der Waals surface area contributed by atoms with Gasteiger partial charge < -0.3 is 10.1 Å². The first-order chi connectivity index (χ1) is 13.3. The number of ether oxygens (including phenoxy) is 1. The van der Waals surface area contributed by atoms with E-state index in [2.05, 4.69) is 15.0 Å². The van der Waals surface area contributed by atoms with Crippen molar-refractivity contribution in [2.24, 2.45) is 0 Å². The molecular weight excluding hydrogens is 398 g/mol. The van der Waals surface area contributed by atoms with E-state index in [0.717, 1.165) is 31.4 Å². The summed E-state index contributed by atoms with van der Waals surface area (Å²) in [7, 11) is -3.72. The average molecular weight is 424 g/mol. The van der Waals surface area contributed by atoms with Gasteiger partial charge in [-0.05, 0) is 51.0 Å². The number of rotatable bonds is 7. The summed E-state index contributed by atoms with van der Waals surface area (Å²) in [5, 5.41) is 5.13. The number of anilines is 1. The van der Waals surface area contributed by atoms with Crippen molar-refractivity contribution in [2.45, 2.75) is 63.0 Å². The summed E-state index contributed by atoms with van der Waals surface area (Å²) in [5.74, 6) is 0.291. The molecule has 0 aliphatic heterocycles. The molecule has 7 nitrogen and oxygen atoms in total. The molecule has 1 heterocycles. The molecule has 1 aromatic carbocycles. The van der Waals surface area contributed by atoms with Crippen molar-refractivity contribution in [1.82, 2.24) is 10.3 Å². The molecule has 1 aliphatic carbocycles. The lowest BCUT2D eigenvalue weighted by Crippen LogP contribution is -2.43. The molecule has 0 bridgehead atoms. The Hall–Kier alpha value is -2.13. The summed E-state index contributed by atoms with van der Waals surface area (Å²) in [6, 6.07) is 6.21. The number of aryl methyl sites for hydroxylation is 1. The number of benzene rings is 1. The predicted octanol–water partition coefficient (Wildman–Crippen LogP) is 3.47. The SMILES string of the molecule is Cc1csc(NS(=O)(=O)c2ccc(O[C@H](C)C(=O)NC3CCCCC3)cc2)n1. The lowest BCUT2D eigenvalue weighted by atomic mass is 9.95. The molecule has 1 amide bonds. The first kappa shape index (κ1) is 20.6. The van der Waals surface area contributed by atoms with Crippen LogP contribution in [0.15, 0.2) is 34.5 Å². The highest BCUT2D eigenvalue weighted by atomic mass is 32.2. The second-order valence-electron chi connectivity index (χ2n) is 6.97. The van der Waals surface area contributed by atoms with Gasteiger partial charge in [-0.15, -0.1) is 11.3 Å². The lowest BCUT2D eigenvalue weighted by Gasteiger charge is -2.24. The Bertz CT molecular complexity index is 904. The van der Waals surface area contributed by atoms with Crippen LogP contribution in [-0.4, -0.2) is 31.5 Å². The maximum absolute atomic E-state index is 12.4. The molecule has 0 spiro atoms. The van der Waals surface area contributed by atoms with Gasteiger partial charge in [0.2, 0.25) is 0 Å². The van der Waals surface area contributed by atoms with Crippen LogP contribution in [0.3, 0.4) is 0 Å². The zero-order valence-electron chi connectivity index (χ0n) is 16.0. The molecule has 2 aromatic rings. The summed E-state index contributed by atoms with van der Waals surface area (Å²) >= 11 is 1.23. The van der Waals surface area contributed by atoms with Crippen molar-refractivity contribution >= 4 is 32.4 Å². The quantitative estimate of drug-likeness (QED) is 0.711. The molecule has 1 fully saturated rings. The molecule has 1 aliphatic rings. The molecular formula is C19H25N3O4S2. The third-order valence-corrected chi connectivity index (χ3v) is 6.97. The Kier molecular flexibility index (Phi) is 6.56. The Morgan fingerprint density at radius 3 is 2.50 bits per heavy atom. The second-order valence-corrected chi connectivity index (χ2v) is 9.52. The zero-order chi connectivity index (χ0) is 20.1. The molecule has 1 atom stereocenters. The van der Waals surface area contributed by atoms with Gasteiger partial charge in [-0.3, -0.25) is 9.52 Å². The van der Waals surface area contributed by atoms with Crippen LogP contribution in [0.4, 0.5) is 5.13 Å². The standard InChI is InChI=1S/C19H25N3O4S2/c1-13-12-27-19(20-13)22-28(24,25)17-10-8-16(9-11-17)26-14(2)18(23)21-15-6-4-3-5-7-15/h8-12,14-15H,3-7H2,1-2H3,(H,20,22)(H,21,23)/t14-/m1/s1.